The van der Waals surface area contributed by atoms with Gasteiger partial charge in [0.05, 0.1) is 17.1 Å². The van der Waals surface area contributed by atoms with Crippen LogP contribution < -0.4 is 4.90 Å². The molecular formula is C31H30N2O3S2. The van der Waals surface area contributed by atoms with Crippen molar-refractivity contribution in [2.45, 2.75) is 52.6 Å². The molecule has 7 heteroatoms. The summed E-state index contributed by atoms with van der Waals surface area (Å²) in [7, 11) is 0. The highest BCUT2D eigenvalue weighted by atomic mass is 32.1. The maximum atomic E-state index is 12.4. The van der Waals surface area contributed by atoms with Crippen LogP contribution in [0, 0.1) is 25.7 Å². The predicted molar refractivity (Wildman–Crippen MR) is 157 cm³/mol. The first-order valence-corrected chi connectivity index (χ1v) is 14.1. The second-order valence-electron chi connectivity index (χ2n) is 9.59. The summed E-state index contributed by atoms with van der Waals surface area (Å²) in [5, 5.41) is 12.0. The third-order valence-electron chi connectivity index (χ3n) is 6.57. The molecule has 4 aromatic rings. The van der Waals surface area contributed by atoms with Crippen LogP contribution in [-0.4, -0.2) is 34.4 Å². The third-order valence-corrected chi connectivity index (χ3v) is 8.32. The molecule has 38 heavy (non-hydrogen) atoms. The molecule has 0 saturated heterocycles. The standard InChI is InChI=1S/C31H30N2O3S2/c1-19(2)33(22(5)27(16-34)26-13-6-20(3)14-21(26)4)28-15-29(38-30(28)31(35)36)24-10-7-23(8-11-24)9-12-25-17-37-18-32-25/h6-8,10-11,13-19,22,27H,1-5H3,(H,35,36). The van der Waals surface area contributed by atoms with Gasteiger partial charge in [0.2, 0.25) is 0 Å². The lowest BCUT2D eigenvalue weighted by Crippen LogP contribution is -2.43. The van der Waals surface area contributed by atoms with E-state index in [9.17, 15) is 14.7 Å². The normalized spacial score (nSPS) is 12.5. The van der Waals surface area contributed by atoms with E-state index in [0.717, 1.165) is 44.7 Å². The molecule has 0 fully saturated rings. The smallest absolute Gasteiger partial charge is 0.348 e. The number of aldehydes is 1. The molecule has 0 aliphatic rings. The Balaban J connectivity index is 1.70. The van der Waals surface area contributed by atoms with Crippen LogP contribution in [0.4, 0.5) is 5.69 Å². The number of hydrogen-bond acceptors (Lipinski definition) is 6. The SMILES string of the molecule is Cc1ccc(C(C=O)C(C)N(c2cc(-c3ccc(C#Cc4cscn4)cc3)sc2C(=O)O)C(C)C)c(C)c1. The second kappa shape index (κ2) is 11.8. The highest BCUT2D eigenvalue weighted by Crippen LogP contribution is 2.40. The minimum Gasteiger partial charge on any atom is -0.477 e. The lowest BCUT2D eigenvalue weighted by Gasteiger charge is -2.38. The molecule has 1 N–H and O–H groups in total. The van der Waals surface area contributed by atoms with Gasteiger partial charge in [0.15, 0.2) is 0 Å². The van der Waals surface area contributed by atoms with Crippen LogP contribution in [-0.2, 0) is 4.79 Å². The van der Waals surface area contributed by atoms with E-state index in [1.807, 2.05) is 82.5 Å². The Morgan fingerprint density at radius 1 is 1.05 bits per heavy atom. The zero-order valence-corrected chi connectivity index (χ0v) is 23.7. The minimum absolute atomic E-state index is 0.0258. The minimum atomic E-state index is -0.978. The third kappa shape index (κ3) is 5.88. The Bertz CT molecular complexity index is 1490. The van der Waals surface area contributed by atoms with Gasteiger partial charge in [-0.25, -0.2) is 9.78 Å². The van der Waals surface area contributed by atoms with E-state index in [2.05, 4.69) is 27.8 Å². The van der Waals surface area contributed by atoms with Crippen molar-refractivity contribution in [2.24, 2.45) is 0 Å². The first-order chi connectivity index (χ1) is 18.2. The van der Waals surface area contributed by atoms with E-state index in [1.54, 1.807) is 5.51 Å². The zero-order chi connectivity index (χ0) is 27.4. The van der Waals surface area contributed by atoms with Crippen molar-refractivity contribution >= 4 is 40.6 Å². The Morgan fingerprint density at radius 3 is 2.37 bits per heavy atom. The molecule has 0 radical (unpaired) electrons. The number of rotatable bonds is 8. The van der Waals surface area contributed by atoms with Gasteiger partial charge in [-0.15, -0.1) is 22.7 Å². The summed E-state index contributed by atoms with van der Waals surface area (Å²) < 4.78 is 0. The fourth-order valence-corrected chi connectivity index (χ4v) is 6.27. The van der Waals surface area contributed by atoms with Crippen molar-refractivity contribution < 1.29 is 14.7 Å². The largest absolute Gasteiger partial charge is 0.477 e. The topological polar surface area (TPSA) is 70.5 Å². The molecule has 0 saturated carbocycles. The van der Waals surface area contributed by atoms with Gasteiger partial charge in [0, 0.05) is 27.9 Å². The molecule has 0 aliphatic heterocycles. The Labute approximate surface area is 231 Å². The summed E-state index contributed by atoms with van der Waals surface area (Å²) in [4.78, 5) is 32.1. The monoisotopic (exact) mass is 542 g/mol. The number of aryl methyl sites for hydroxylation is 2. The van der Waals surface area contributed by atoms with Crippen molar-refractivity contribution in [3.63, 3.8) is 0 Å². The summed E-state index contributed by atoms with van der Waals surface area (Å²) in [5.74, 6) is 4.78. The lowest BCUT2D eigenvalue weighted by atomic mass is 9.88. The number of anilines is 1. The number of nitrogens with zero attached hydrogens (tertiary/aromatic N) is 2. The summed E-state index contributed by atoms with van der Waals surface area (Å²) in [6.07, 6.45) is 0.983. The molecule has 2 atom stereocenters. The molecule has 2 aromatic carbocycles. The molecule has 4 rings (SSSR count). The van der Waals surface area contributed by atoms with Crippen LogP contribution in [0.2, 0.25) is 0 Å². The maximum Gasteiger partial charge on any atom is 0.348 e. The molecule has 0 spiro atoms. The fraction of sp³-hybridized carbons (Fsp3) is 0.258. The van der Waals surface area contributed by atoms with Gasteiger partial charge in [-0.2, -0.15) is 0 Å². The van der Waals surface area contributed by atoms with Crippen molar-refractivity contribution in [3.05, 3.63) is 92.2 Å². The molecule has 2 unspecified atom stereocenters. The molecule has 2 heterocycles. The zero-order valence-electron chi connectivity index (χ0n) is 22.1. The number of benzene rings is 2. The van der Waals surface area contributed by atoms with Gasteiger partial charge in [0.1, 0.15) is 16.9 Å². The maximum absolute atomic E-state index is 12.4. The van der Waals surface area contributed by atoms with Crippen LogP contribution in [0.5, 0.6) is 0 Å². The first kappa shape index (κ1) is 27.3. The average molecular weight is 543 g/mol. The fourth-order valence-electron chi connectivity index (χ4n) is 4.78. The van der Waals surface area contributed by atoms with Gasteiger partial charge in [-0.3, -0.25) is 0 Å². The van der Waals surface area contributed by atoms with Crippen LogP contribution in [0.3, 0.4) is 0 Å². The molecule has 0 amide bonds. The van der Waals surface area contributed by atoms with E-state index in [-0.39, 0.29) is 17.0 Å². The number of aromatic carboxylic acids is 1. The second-order valence-corrected chi connectivity index (χ2v) is 11.4. The van der Waals surface area contributed by atoms with Crippen molar-refractivity contribution in [1.82, 2.24) is 4.98 Å². The first-order valence-electron chi connectivity index (χ1n) is 12.4. The lowest BCUT2D eigenvalue weighted by molar-refractivity contribution is -0.109. The number of carboxylic acids is 1. The van der Waals surface area contributed by atoms with Gasteiger partial charge < -0.3 is 14.8 Å². The Kier molecular flexibility index (Phi) is 8.45. The number of thiazole rings is 1. The van der Waals surface area contributed by atoms with E-state index in [4.69, 9.17) is 0 Å². The quantitative estimate of drug-likeness (QED) is 0.189. The highest BCUT2D eigenvalue weighted by Gasteiger charge is 2.32. The van der Waals surface area contributed by atoms with E-state index in [0.29, 0.717) is 5.69 Å². The van der Waals surface area contributed by atoms with E-state index in [1.165, 1.54) is 22.7 Å². The summed E-state index contributed by atoms with van der Waals surface area (Å²) in [6, 6.07) is 15.5. The Morgan fingerprint density at radius 2 is 1.79 bits per heavy atom. The van der Waals surface area contributed by atoms with Crippen molar-refractivity contribution in [1.29, 1.82) is 0 Å². The van der Waals surface area contributed by atoms with Gasteiger partial charge in [-0.05, 0) is 75.4 Å². The molecular weight excluding hydrogens is 512 g/mol. The number of hydrogen-bond donors (Lipinski definition) is 1. The van der Waals surface area contributed by atoms with Crippen molar-refractivity contribution in [3.8, 4) is 22.3 Å². The molecule has 5 nitrogen and oxygen atoms in total. The molecule has 0 bridgehead atoms. The Hall–Kier alpha value is -3.73. The molecule has 194 valence electrons. The van der Waals surface area contributed by atoms with E-state index < -0.39 is 11.9 Å². The van der Waals surface area contributed by atoms with Gasteiger partial charge in [0.25, 0.3) is 0 Å². The number of carbonyl (C=O) groups is 2. The van der Waals surface area contributed by atoms with Gasteiger partial charge >= 0.3 is 5.97 Å². The van der Waals surface area contributed by atoms with Crippen molar-refractivity contribution in [2.75, 3.05) is 4.90 Å². The molecule has 0 aliphatic carbocycles. The summed E-state index contributed by atoms with van der Waals surface area (Å²) >= 11 is 2.75. The summed E-state index contributed by atoms with van der Waals surface area (Å²) in [6.45, 7) is 10.1. The van der Waals surface area contributed by atoms with Crippen LogP contribution in [0.15, 0.2) is 59.4 Å². The number of thiophene rings is 1. The average Bonchev–Trinajstić information content (AvgIpc) is 3.55. The number of aromatic nitrogens is 1. The number of carbonyl (C=O) groups excluding carboxylic acids is 1. The summed E-state index contributed by atoms with van der Waals surface area (Å²) in [5.41, 5.74) is 8.06. The predicted octanol–water partition coefficient (Wildman–Crippen LogP) is 7.17. The van der Waals surface area contributed by atoms with Gasteiger partial charge in [-0.1, -0.05) is 41.8 Å². The van der Waals surface area contributed by atoms with Crippen LogP contribution >= 0.6 is 22.7 Å². The molecule has 2 aromatic heterocycles. The highest BCUT2D eigenvalue weighted by molar-refractivity contribution is 7.18. The van der Waals surface area contributed by atoms with Crippen LogP contribution in [0.25, 0.3) is 10.4 Å². The van der Waals surface area contributed by atoms with Crippen LogP contribution in [0.1, 0.15) is 64.3 Å². The van der Waals surface area contributed by atoms with E-state index >= 15 is 0 Å². The number of carboxylic acid groups (broad SMARTS) is 1.